The number of nitrogens with zero attached hydrogens (tertiary/aromatic N) is 7. The highest BCUT2D eigenvalue weighted by molar-refractivity contribution is 5.55. The predicted octanol–water partition coefficient (Wildman–Crippen LogP) is 2.04. The number of aromatic nitrogens is 5. The van der Waals surface area contributed by atoms with E-state index in [1.807, 2.05) is 30.3 Å². The quantitative estimate of drug-likeness (QED) is 0.767. The minimum Gasteiger partial charge on any atom is -0.352 e. The van der Waals surface area contributed by atoms with Crippen LogP contribution in [-0.4, -0.2) is 51.3 Å². The van der Waals surface area contributed by atoms with Gasteiger partial charge < -0.3 is 15.1 Å². The van der Waals surface area contributed by atoms with Crippen molar-refractivity contribution in [3.63, 3.8) is 0 Å². The SMILES string of the molecule is Cc1ccc(Nc2nncc(N3CCN(c4ncccn4)CC3)n2)cc1. The van der Waals surface area contributed by atoms with Crippen molar-refractivity contribution in [1.29, 1.82) is 0 Å². The van der Waals surface area contributed by atoms with Gasteiger partial charge in [-0.3, -0.25) is 0 Å². The molecule has 2 aromatic heterocycles. The second-order valence-corrected chi connectivity index (χ2v) is 6.15. The van der Waals surface area contributed by atoms with Gasteiger partial charge in [-0.25, -0.2) is 9.97 Å². The van der Waals surface area contributed by atoms with Gasteiger partial charge in [0.15, 0.2) is 5.82 Å². The lowest BCUT2D eigenvalue weighted by atomic mass is 10.2. The van der Waals surface area contributed by atoms with Gasteiger partial charge in [-0.1, -0.05) is 17.7 Å². The van der Waals surface area contributed by atoms with Crippen LogP contribution in [0.2, 0.25) is 0 Å². The van der Waals surface area contributed by atoms with Crippen LogP contribution in [0.4, 0.5) is 23.4 Å². The minimum absolute atomic E-state index is 0.500. The van der Waals surface area contributed by atoms with Gasteiger partial charge in [-0.15, -0.1) is 5.10 Å². The molecule has 1 aromatic carbocycles. The first kappa shape index (κ1) is 16.2. The summed E-state index contributed by atoms with van der Waals surface area (Å²) >= 11 is 0. The molecule has 8 heteroatoms. The average Bonchev–Trinajstić information content (AvgIpc) is 2.71. The Labute approximate surface area is 152 Å². The summed E-state index contributed by atoms with van der Waals surface area (Å²) in [7, 11) is 0. The Kier molecular flexibility index (Phi) is 4.55. The van der Waals surface area contributed by atoms with Gasteiger partial charge in [0.05, 0.1) is 6.20 Å². The summed E-state index contributed by atoms with van der Waals surface area (Å²) in [5.74, 6) is 2.10. The Bertz CT molecular complexity index is 845. The maximum atomic E-state index is 4.60. The van der Waals surface area contributed by atoms with E-state index in [4.69, 9.17) is 0 Å². The molecule has 1 fully saturated rings. The van der Waals surface area contributed by atoms with E-state index >= 15 is 0 Å². The van der Waals surface area contributed by atoms with Crippen LogP contribution in [0, 0.1) is 6.92 Å². The van der Waals surface area contributed by atoms with Gasteiger partial charge in [0.1, 0.15) is 0 Å². The van der Waals surface area contributed by atoms with E-state index < -0.39 is 0 Å². The van der Waals surface area contributed by atoms with Crippen LogP contribution in [0.3, 0.4) is 0 Å². The Morgan fingerprint density at radius 3 is 2.35 bits per heavy atom. The molecule has 26 heavy (non-hydrogen) atoms. The molecule has 1 aliphatic heterocycles. The van der Waals surface area contributed by atoms with E-state index in [1.165, 1.54) is 5.56 Å². The minimum atomic E-state index is 0.500. The fraction of sp³-hybridized carbons (Fsp3) is 0.278. The maximum Gasteiger partial charge on any atom is 0.249 e. The van der Waals surface area contributed by atoms with E-state index in [-0.39, 0.29) is 0 Å². The summed E-state index contributed by atoms with van der Waals surface area (Å²) in [6.07, 6.45) is 5.24. The van der Waals surface area contributed by atoms with Crippen LogP contribution in [0.25, 0.3) is 0 Å². The van der Waals surface area contributed by atoms with Crippen molar-refractivity contribution in [2.24, 2.45) is 0 Å². The number of aryl methyl sites for hydroxylation is 1. The molecule has 1 aliphatic rings. The van der Waals surface area contributed by atoms with Crippen molar-refractivity contribution in [3.8, 4) is 0 Å². The Hall–Kier alpha value is -3.29. The van der Waals surface area contributed by atoms with Crippen molar-refractivity contribution in [2.45, 2.75) is 6.92 Å². The summed E-state index contributed by atoms with van der Waals surface area (Å²) in [6.45, 7) is 5.41. The molecule has 0 amide bonds. The van der Waals surface area contributed by atoms with Crippen molar-refractivity contribution in [1.82, 2.24) is 25.1 Å². The second-order valence-electron chi connectivity index (χ2n) is 6.15. The molecule has 4 rings (SSSR count). The summed E-state index contributed by atoms with van der Waals surface area (Å²) in [6, 6.07) is 9.93. The number of anilines is 4. The van der Waals surface area contributed by atoms with Gasteiger partial charge in [0.25, 0.3) is 0 Å². The van der Waals surface area contributed by atoms with Gasteiger partial charge >= 0.3 is 0 Å². The van der Waals surface area contributed by atoms with Crippen molar-refractivity contribution in [3.05, 3.63) is 54.5 Å². The van der Waals surface area contributed by atoms with Crippen molar-refractivity contribution >= 4 is 23.4 Å². The summed E-state index contributed by atoms with van der Waals surface area (Å²) in [5.41, 5.74) is 2.16. The zero-order valence-electron chi connectivity index (χ0n) is 14.6. The fourth-order valence-electron chi connectivity index (χ4n) is 2.86. The van der Waals surface area contributed by atoms with Gasteiger partial charge in [-0.05, 0) is 25.1 Å². The monoisotopic (exact) mass is 348 g/mol. The summed E-state index contributed by atoms with van der Waals surface area (Å²) in [5, 5.41) is 11.4. The fourth-order valence-corrected chi connectivity index (χ4v) is 2.86. The smallest absolute Gasteiger partial charge is 0.249 e. The molecular weight excluding hydrogens is 328 g/mol. The molecule has 0 saturated carbocycles. The molecule has 1 N–H and O–H groups in total. The molecule has 132 valence electrons. The van der Waals surface area contributed by atoms with Crippen LogP contribution in [0.1, 0.15) is 5.56 Å². The molecule has 0 bridgehead atoms. The molecule has 1 saturated heterocycles. The van der Waals surface area contributed by atoms with E-state index in [2.05, 4.69) is 47.2 Å². The lowest BCUT2D eigenvalue weighted by molar-refractivity contribution is 0.632. The topological polar surface area (TPSA) is 83.0 Å². The molecule has 8 nitrogen and oxygen atoms in total. The molecule has 0 radical (unpaired) electrons. The third kappa shape index (κ3) is 3.69. The second kappa shape index (κ2) is 7.30. The van der Waals surface area contributed by atoms with Crippen LogP contribution in [0.5, 0.6) is 0 Å². The van der Waals surface area contributed by atoms with Crippen LogP contribution < -0.4 is 15.1 Å². The number of piperazine rings is 1. The van der Waals surface area contributed by atoms with Gasteiger partial charge in [0, 0.05) is 44.3 Å². The largest absolute Gasteiger partial charge is 0.352 e. The van der Waals surface area contributed by atoms with Crippen LogP contribution in [-0.2, 0) is 0 Å². The van der Waals surface area contributed by atoms with Gasteiger partial charge in [-0.2, -0.15) is 10.1 Å². The zero-order chi connectivity index (χ0) is 17.8. The molecular formula is C18H20N8. The Balaban J connectivity index is 1.42. The highest BCUT2D eigenvalue weighted by Crippen LogP contribution is 2.18. The summed E-state index contributed by atoms with van der Waals surface area (Å²) < 4.78 is 0. The highest BCUT2D eigenvalue weighted by Gasteiger charge is 2.20. The third-order valence-electron chi connectivity index (χ3n) is 4.29. The standard InChI is InChI=1S/C18H20N8/c1-14-3-5-15(6-4-14)22-17-23-16(13-21-24-17)25-9-11-26(12-10-25)18-19-7-2-8-20-18/h2-8,13H,9-12H2,1H3,(H,22,23,24). The van der Waals surface area contributed by atoms with Gasteiger partial charge in [0.2, 0.25) is 11.9 Å². The first-order valence-corrected chi connectivity index (χ1v) is 8.58. The number of hydrogen-bond acceptors (Lipinski definition) is 8. The van der Waals surface area contributed by atoms with E-state index in [0.29, 0.717) is 5.95 Å². The highest BCUT2D eigenvalue weighted by atomic mass is 15.4. The van der Waals surface area contributed by atoms with E-state index in [1.54, 1.807) is 18.6 Å². The average molecular weight is 348 g/mol. The lowest BCUT2D eigenvalue weighted by Crippen LogP contribution is -2.47. The number of nitrogens with one attached hydrogen (secondary N) is 1. The summed E-state index contributed by atoms with van der Waals surface area (Å²) in [4.78, 5) is 17.6. The number of benzene rings is 1. The van der Waals surface area contributed by atoms with Crippen molar-refractivity contribution < 1.29 is 0 Å². The molecule has 0 aliphatic carbocycles. The number of rotatable bonds is 4. The first-order valence-electron chi connectivity index (χ1n) is 8.58. The zero-order valence-corrected chi connectivity index (χ0v) is 14.6. The maximum absolute atomic E-state index is 4.60. The van der Waals surface area contributed by atoms with E-state index in [0.717, 1.165) is 43.6 Å². The van der Waals surface area contributed by atoms with Crippen molar-refractivity contribution in [2.75, 3.05) is 41.3 Å². The third-order valence-corrected chi connectivity index (χ3v) is 4.29. The first-order chi connectivity index (χ1) is 12.8. The molecule has 0 spiro atoms. The predicted molar refractivity (Wildman–Crippen MR) is 101 cm³/mol. The normalized spacial score (nSPS) is 14.3. The van der Waals surface area contributed by atoms with Crippen LogP contribution in [0.15, 0.2) is 48.9 Å². The molecule has 0 atom stereocenters. The van der Waals surface area contributed by atoms with E-state index in [9.17, 15) is 0 Å². The Morgan fingerprint density at radius 2 is 1.62 bits per heavy atom. The van der Waals surface area contributed by atoms with Crippen LogP contribution >= 0.6 is 0 Å². The lowest BCUT2D eigenvalue weighted by Gasteiger charge is -2.35. The molecule has 3 heterocycles. The molecule has 3 aromatic rings. The number of hydrogen-bond donors (Lipinski definition) is 1. The Morgan fingerprint density at radius 1 is 0.923 bits per heavy atom. The molecule has 0 unspecified atom stereocenters.